The lowest BCUT2D eigenvalue weighted by atomic mass is 10.2. The summed E-state index contributed by atoms with van der Waals surface area (Å²) in [5, 5.41) is 10.2. The number of carbonyl (C=O) groups excluding carboxylic acids is 3. The number of carboxylic acid groups (broad SMARTS) is 1. The monoisotopic (exact) mass is 241 g/mol. The van der Waals surface area contributed by atoms with E-state index in [-0.39, 0.29) is 23.8 Å². The fourth-order valence-corrected chi connectivity index (χ4v) is 0.678. The first-order valence-electron chi connectivity index (χ1n) is 4.37. The Morgan fingerprint density at radius 3 is 2.06 bits per heavy atom. The van der Waals surface area contributed by atoms with Gasteiger partial charge in [0.1, 0.15) is 0 Å². The molecular weight excluding hydrogens is 230 g/mol. The fraction of sp³-hybridized carbons (Fsp3) is 0.200. The van der Waals surface area contributed by atoms with Gasteiger partial charge in [-0.3, -0.25) is 19.7 Å². The topological polar surface area (TPSA) is 110 Å². The molecule has 0 atom stereocenters. The summed E-state index contributed by atoms with van der Waals surface area (Å²) in [4.78, 5) is 40.5. The van der Waals surface area contributed by atoms with Gasteiger partial charge in [-0.25, -0.2) is 4.79 Å². The largest absolute Gasteiger partial charge is 0.478 e. The molecule has 0 aromatic carbocycles. The molecule has 0 bridgehead atoms. The van der Waals surface area contributed by atoms with E-state index in [4.69, 9.17) is 5.11 Å². The zero-order valence-electron chi connectivity index (χ0n) is 9.06. The minimum Gasteiger partial charge on any atom is -0.478 e. The number of hydrogen-bond donors (Lipinski definition) is 2. The number of imide groups is 1. The third-order valence-corrected chi connectivity index (χ3v) is 1.52. The molecule has 0 aromatic rings. The van der Waals surface area contributed by atoms with Crippen LogP contribution in [0.1, 0.15) is 6.42 Å². The van der Waals surface area contributed by atoms with Crippen molar-refractivity contribution in [2.75, 3.05) is 7.11 Å². The molecule has 92 valence electrons. The van der Waals surface area contributed by atoms with Crippen LogP contribution in [-0.2, 0) is 23.9 Å². The lowest BCUT2D eigenvalue weighted by Crippen LogP contribution is -2.19. The van der Waals surface area contributed by atoms with Gasteiger partial charge in [0.15, 0.2) is 0 Å². The smallest absolute Gasteiger partial charge is 0.331 e. The first kappa shape index (κ1) is 14.6. The third-order valence-electron chi connectivity index (χ3n) is 1.52. The van der Waals surface area contributed by atoms with Crippen LogP contribution in [0.15, 0.2) is 24.3 Å². The highest BCUT2D eigenvalue weighted by atomic mass is 16.5. The quantitative estimate of drug-likeness (QED) is 0.387. The molecule has 0 aromatic heterocycles. The van der Waals surface area contributed by atoms with Crippen molar-refractivity contribution in [3.8, 4) is 0 Å². The molecule has 7 nitrogen and oxygen atoms in total. The van der Waals surface area contributed by atoms with Crippen molar-refractivity contribution in [2.45, 2.75) is 6.42 Å². The lowest BCUT2D eigenvalue weighted by molar-refractivity contribution is -0.142. The van der Waals surface area contributed by atoms with Crippen molar-refractivity contribution < 1.29 is 29.0 Å². The van der Waals surface area contributed by atoms with Crippen molar-refractivity contribution in [1.82, 2.24) is 5.32 Å². The van der Waals surface area contributed by atoms with E-state index < -0.39 is 11.9 Å². The van der Waals surface area contributed by atoms with Crippen LogP contribution in [0, 0.1) is 0 Å². The van der Waals surface area contributed by atoms with Crippen LogP contribution in [0.5, 0.6) is 0 Å². The molecular formula is C10H11NO6. The van der Waals surface area contributed by atoms with Crippen LogP contribution >= 0.6 is 0 Å². The molecule has 0 saturated heterocycles. The van der Waals surface area contributed by atoms with Gasteiger partial charge in [0.2, 0.25) is 0 Å². The molecule has 0 unspecified atom stereocenters. The molecule has 7 heteroatoms. The molecule has 0 fully saturated rings. The number of aliphatic carboxylic acids is 1. The predicted molar refractivity (Wildman–Crippen MR) is 55.7 cm³/mol. The van der Waals surface area contributed by atoms with E-state index in [9.17, 15) is 19.2 Å². The standard InChI is InChI=1S/C6H8O4.C4H3NO2/c1-4(6(8)9)3-5(7)10-2;6-3-1-2-4(7)5-3/h1,3H2,2H3,(H,8,9);1-2H,(H,5,6,7). The fourth-order valence-electron chi connectivity index (χ4n) is 0.678. The number of esters is 1. The molecule has 1 rings (SSSR count). The average Bonchev–Trinajstić information content (AvgIpc) is 2.63. The maximum atomic E-state index is 10.4. The summed E-state index contributed by atoms with van der Waals surface area (Å²) in [5.41, 5.74) is -0.160. The van der Waals surface area contributed by atoms with Crippen molar-refractivity contribution >= 4 is 23.8 Å². The molecule has 0 spiro atoms. The number of carboxylic acids is 1. The van der Waals surface area contributed by atoms with Gasteiger partial charge < -0.3 is 9.84 Å². The van der Waals surface area contributed by atoms with Gasteiger partial charge in [0.25, 0.3) is 11.8 Å². The van der Waals surface area contributed by atoms with Crippen LogP contribution in [-0.4, -0.2) is 36.0 Å². The summed E-state index contributed by atoms with van der Waals surface area (Å²) in [7, 11) is 1.19. The van der Waals surface area contributed by atoms with E-state index in [0.717, 1.165) is 0 Å². The molecule has 17 heavy (non-hydrogen) atoms. The molecule has 1 aliphatic rings. The van der Waals surface area contributed by atoms with Gasteiger partial charge >= 0.3 is 11.9 Å². The zero-order chi connectivity index (χ0) is 13.4. The molecule has 2 amide bonds. The Morgan fingerprint density at radius 1 is 1.35 bits per heavy atom. The number of methoxy groups -OCH3 is 1. The first-order chi connectivity index (χ1) is 7.86. The van der Waals surface area contributed by atoms with Gasteiger partial charge in [-0.1, -0.05) is 6.58 Å². The first-order valence-corrected chi connectivity index (χ1v) is 4.37. The Balaban J connectivity index is 0.000000318. The predicted octanol–water partition coefficient (Wildman–Crippen LogP) is -0.611. The van der Waals surface area contributed by atoms with E-state index in [1.807, 2.05) is 5.32 Å². The van der Waals surface area contributed by atoms with Crippen molar-refractivity contribution in [3.63, 3.8) is 0 Å². The summed E-state index contributed by atoms with van der Waals surface area (Å²) < 4.78 is 4.21. The van der Waals surface area contributed by atoms with E-state index >= 15 is 0 Å². The van der Waals surface area contributed by atoms with Gasteiger partial charge in [0.05, 0.1) is 13.5 Å². The van der Waals surface area contributed by atoms with Gasteiger partial charge in [0, 0.05) is 17.7 Å². The van der Waals surface area contributed by atoms with E-state index in [2.05, 4.69) is 11.3 Å². The Morgan fingerprint density at radius 2 is 1.82 bits per heavy atom. The van der Waals surface area contributed by atoms with Crippen LogP contribution in [0.2, 0.25) is 0 Å². The number of hydrogen-bond acceptors (Lipinski definition) is 5. The second-order valence-electron chi connectivity index (χ2n) is 2.85. The lowest BCUT2D eigenvalue weighted by Gasteiger charge is -1.96. The van der Waals surface area contributed by atoms with Gasteiger partial charge in [-0.05, 0) is 0 Å². The van der Waals surface area contributed by atoms with Crippen molar-refractivity contribution in [3.05, 3.63) is 24.3 Å². The minimum absolute atomic E-state index is 0.160. The summed E-state index contributed by atoms with van der Waals surface area (Å²) >= 11 is 0. The average molecular weight is 241 g/mol. The highest BCUT2D eigenvalue weighted by Gasteiger charge is 2.09. The highest BCUT2D eigenvalue weighted by molar-refractivity contribution is 6.12. The van der Waals surface area contributed by atoms with E-state index in [1.54, 1.807) is 0 Å². The number of ether oxygens (including phenoxy) is 1. The van der Waals surface area contributed by atoms with Crippen molar-refractivity contribution in [1.29, 1.82) is 0 Å². The SMILES string of the molecule is C=C(CC(=O)OC)C(=O)O.O=C1C=CC(=O)N1. The second-order valence-corrected chi connectivity index (χ2v) is 2.85. The van der Waals surface area contributed by atoms with Crippen LogP contribution in [0.25, 0.3) is 0 Å². The summed E-state index contributed by atoms with van der Waals surface area (Å²) in [6, 6.07) is 0. The maximum Gasteiger partial charge on any atom is 0.331 e. The third kappa shape index (κ3) is 6.61. The van der Waals surface area contributed by atoms with E-state index in [0.29, 0.717) is 0 Å². The molecule has 0 aliphatic carbocycles. The molecule has 1 aliphatic heterocycles. The van der Waals surface area contributed by atoms with Crippen LogP contribution < -0.4 is 5.32 Å². The van der Waals surface area contributed by atoms with E-state index in [1.165, 1.54) is 19.3 Å². The normalized spacial score (nSPS) is 12.3. The van der Waals surface area contributed by atoms with Crippen LogP contribution in [0.4, 0.5) is 0 Å². The summed E-state index contributed by atoms with van der Waals surface area (Å²) in [5.74, 6) is -2.42. The Kier molecular flexibility index (Phi) is 5.94. The molecule has 2 N–H and O–H groups in total. The molecule has 0 saturated carbocycles. The second kappa shape index (κ2) is 6.94. The Hall–Kier alpha value is -2.44. The molecule has 0 radical (unpaired) electrons. The number of amides is 2. The number of nitrogens with one attached hydrogen (secondary N) is 1. The minimum atomic E-state index is -1.18. The molecule has 1 heterocycles. The number of carbonyl (C=O) groups is 4. The van der Waals surface area contributed by atoms with Gasteiger partial charge in [-0.15, -0.1) is 0 Å². The highest BCUT2D eigenvalue weighted by Crippen LogP contribution is 1.98. The summed E-state index contributed by atoms with van der Waals surface area (Å²) in [6.07, 6.45) is 2.14. The maximum absolute atomic E-state index is 10.4. The van der Waals surface area contributed by atoms with Crippen molar-refractivity contribution in [2.24, 2.45) is 0 Å². The summed E-state index contributed by atoms with van der Waals surface area (Å²) in [6.45, 7) is 3.14. The Bertz CT molecular complexity index is 380. The Labute approximate surface area is 96.7 Å². The van der Waals surface area contributed by atoms with Crippen LogP contribution in [0.3, 0.4) is 0 Å². The van der Waals surface area contributed by atoms with Gasteiger partial charge in [-0.2, -0.15) is 0 Å². The number of rotatable bonds is 3. The zero-order valence-corrected chi connectivity index (χ0v) is 9.06.